The second-order valence-corrected chi connectivity index (χ2v) is 5.69. The third-order valence-electron chi connectivity index (χ3n) is 3.40. The molecule has 1 unspecified atom stereocenters. The Labute approximate surface area is 116 Å². The van der Waals surface area contributed by atoms with Crippen LogP contribution in [0.15, 0.2) is 18.2 Å². The summed E-state index contributed by atoms with van der Waals surface area (Å²) in [6, 6.07) is 4.93. The monoisotopic (exact) mass is 287 g/mol. The van der Waals surface area contributed by atoms with Crippen LogP contribution in [0.3, 0.4) is 0 Å². The van der Waals surface area contributed by atoms with E-state index in [1.165, 1.54) is 0 Å². The Bertz CT molecular complexity index is 474. The number of halogens is 2. The van der Waals surface area contributed by atoms with Crippen molar-refractivity contribution in [3.8, 4) is 0 Å². The lowest BCUT2D eigenvalue weighted by Crippen LogP contribution is -2.50. The van der Waals surface area contributed by atoms with E-state index in [2.05, 4.69) is 5.32 Å². The first-order valence-corrected chi connectivity index (χ1v) is 6.61. The predicted molar refractivity (Wildman–Crippen MR) is 72.1 cm³/mol. The quantitative estimate of drug-likeness (QED) is 0.895. The van der Waals surface area contributed by atoms with Gasteiger partial charge in [-0.3, -0.25) is 4.79 Å². The van der Waals surface area contributed by atoms with E-state index in [0.29, 0.717) is 16.5 Å². The fourth-order valence-corrected chi connectivity index (χ4v) is 2.38. The molecule has 0 aliphatic heterocycles. The van der Waals surface area contributed by atoms with Crippen LogP contribution in [-0.4, -0.2) is 23.2 Å². The lowest BCUT2D eigenvalue weighted by molar-refractivity contribution is 0.0824. The normalized spacial score (nSPS) is 18.2. The molecule has 2 rings (SSSR count). The molecule has 0 bridgehead atoms. The van der Waals surface area contributed by atoms with Gasteiger partial charge in [0.2, 0.25) is 0 Å². The first-order valence-electron chi connectivity index (χ1n) is 5.85. The van der Waals surface area contributed by atoms with Gasteiger partial charge in [-0.05, 0) is 37.8 Å². The number of hydrogen-bond acceptors (Lipinski definition) is 2. The van der Waals surface area contributed by atoms with Crippen molar-refractivity contribution in [1.29, 1.82) is 0 Å². The largest absolute Gasteiger partial charge is 0.394 e. The molecule has 0 aromatic heterocycles. The van der Waals surface area contributed by atoms with Crippen molar-refractivity contribution in [2.45, 2.75) is 25.3 Å². The van der Waals surface area contributed by atoms with Crippen LogP contribution in [0.2, 0.25) is 10.0 Å². The maximum absolute atomic E-state index is 12.2. The van der Waals surface area contributed by atoms with Gasteiger partial charge in [0.25, 0.3) is 5.91 Å². The van der Waals surface area contributed by atoms with Crippen molar-refractivity contribution < 1.29 is 9.90 Å². The van der Waals surface area contributed by atoms with E-state index < -0.39 is 5.54 Å². The molecular weight excluding hydrogens is 273 g/mol. The van der Waals surface area contributed by atoms with E-state index in [9.17, 15) is 9.90 Å². The highest BCUT2D eigenvalue weighted by atomic mass is 35.5. The number of nitrogens with one attached hydrogen (secondary N) is 1. The summed E-state index contributed by atoms with van der Waals surface area (Å²) in [4.78, 5) is 12.2. The summed E-state index contributed by atoms with van der Waals surface area (Å²) in [5.41, 5.74) is -0.243. The van der Waals surface area contributed by atoms with Gasteiger partial charge in [-0.25, -0.2) is 0 Å². The minimum absolute atomic E-state index is 0.0818. The zero-order valence-electron chi connectivity index (χ0n) is 10.0. The van der Waals surface area contributed by atoms with Crippen LogP contribution in [0.1, 0.15) is 30.1 Å². The molecule has 1 aromatic carbocycles. The standard InChI is InChI=1S/C13H15Cl2NO2/c1-13(7-17,8-5-6-8)16-12(18)9-3-2-4-10(14)11(9)15/h2-4,8,17H,5-7H2,1H3,(H,16,18). The summed E-state index contributed by atoms with van der Waals surface area (Å²) in [6.45, 7) is 1.77. The van der Waals surface area contributed by atoms with E-state index in [1.807, 2.05) is 6.92 Å². The minimum atomic E-state index is -0.581. The molecule has 1 aliphatic carbocycles. The van der Waals surface area contributed by atoms with E-state index in [-0.39, 0.29) is 17.5 Å². The number of aliphatic hydroxyl groups excluding tert-OH is 1. The Morgan fingerprint density at radius 2 is 2.17 bits per heavy atom. The zero-order valence-corrected chi connectivity index (χ0v) is 11.6. The number of carbonyl (C=O) groups excluding carboxylic acids is 1. The molecule has 1 fully saturated rings. The van der Waals surface area contributed by atoms with Crippen molar-refractivity contribution in [2.24, 2.45) is 5.92 Å². The molecule has 1 amide bonds. The van der Waals surface area contributed by atoms with Crippen molar-refractivity contribution in [3.63, 3.8) is 0 Å². The fourth-order valence-electron chi connectivity index (χ4n) is 2.00. The van der Waals surface area contributed by atoms with Crippen LogP contribution < -0.4 is 5.32 Å². The van der Waals surface area contributed by atoms with Gasteiger partial charge in [0.1, 0.15) is 0 Å². The highest BCUT2D eigenvalue weighted by Gasteiger charge is 2.42. The van der Waals surface area contributed by atoms with Gasteiger partial charge in [0, 0.05) is 0 Å². The van der Waals surface area contributed by atoms with E-state index in [1.54, 1.807) is 18.2 Å². The molecule has 0 saturated heterocycles. The topological polar surface area (TPSA) is 49.3 Å². The van der Waals surface area contributed by atoms with Crippen LogP contribution in [0.4, 0.5) is 0 Å². The summed E-state index contributed by atoms with van der Waals surface area (Å²) in [5.74, 6) is 0.0374. The lowest BCUT2D eigenvalue weighted by atomic mass is 9.96. The molecular formula is C13H15Cl2NO2. The minimum Gasteiger partial charge on any atom is -0.394 e. The number of hydrogen-bond donors (Lipinski definition) is 2. The number of rotatable bonds is 4. The molecule has 1 atom stereocenters. The van der Waals surface area contributed by atoms with Crippen LogP contribution in [-0.2, 0) is 0 Å². The lowest BCUT2D eigenvalue weighted by Gasteiger charge is -2.29. The van der Waals surface area contributed by atoms with Crippen molar-refractivity contribution >= 4 is 29.1 Å². The molecule has 3 nitrogen and oxygen atoms in total. The van der Waals surface area contributed by atoms with Crippen LogP contribution in [0.25, 0.3) is 0 Å². The Morgan fingerprint density at radius 1 is 1.50 bits per heavy atom. The smallest absolute Gasteiger partial charge is 0.253 e. The molecule has 1 saturated carbocycles. The van der Waals surface area contributed by atoms with Gasteiger partial charge in [-0.2, -0.15) is 0 Å². The van der Waals surface area contributed by atoms with Crippen LogP contribution >= 0.6 is 23.2 Å². The Balaban J connectivity index is 2.19. The van der Waals surface area contributed by atoms with E-state index >= 15 is 0 Å². The molecule has 2 N–H and O–H groups in total. The third kappa shape index (κ3) is 2.63. The molecule has 98 valence electrons. The highest BCUT2D eigenvalue weighted by Crippen LogP contribution is 2.39. The van der Waals surface area contributed by atoms with Gasteiger partial charge >= 0.3 is 0 Å². The number of aliphatic hydroxyl groups is 1. The number of amides is 1. The number of benzene rings is 1. The molecule has 18 heavy (non-hydrogen) atoms. The van der Waals surface area contributed by atoms with Gasteiger partial charge in [-0.1, -0.05) is 29.3 Å². The molecule has 1 aliphatic rings. The highest BCUT2D eigenvalue weighted by molar-refractivity contribution is 6.43. The maximum Gasteiger partial charge on any atom is 0.253 e. The Morgan fingerprint density at radius 3 is 2.72 bits per heavy atom. The average Bonchev–Trinajstić information content (AvgIpc) is 3.16. The van der Waals surface area contributed by atoms with Crippen molar-refractivity contribution in [2.75, 3.05) is 6.61 Å². The summed E-state index contributed by atoms with van der Waals surface area (Å²) in [6.07, 6.45) is 2.06. The molecule has 0 radical (unpaired) electrons. The summed E-state index contributed by atoms with van der Waals surface area (Å²) >= 11 is 11.9. The van der Waals surface area contributed by atoms with Crippen molar-refractivity contribution in [1.82, 2.24) is 5.32 Å². The molecule has 0 spiro atoms. The third-order valence-corrected chi connectivity index (χ3v) is 4.22. The van der Waals surface area contributed by atoms with Crippen LogP contribution in [0.5, 0.6) is 0 Å². The van der Waals surface area contributed by atoms with E-state index in [0.717, 1.165) is 12.8 Å². The summed E-state index contributed by atoms with van der Waals surface area (Å²) < 4.78 is 0. The SMILES string of the molecule is CC(CO)(NC(=O)c1cccc(Cl)c1Cl)C1CC1. The molecule has 0 heterocycles. The maximum atomic E-state index is 12.2. The van der Waals surface area contributed by atoms with Gasteiger partial charge in [-0.15, -0.1) is 0 Å². The second-order valence-electron chi connectivity index (χ2n) is 4.91. The van der Waals surface area contributed by atoms with E-state index in [4.69, 9.17) is 23.2 Å². The molecule has 5 heteroatoms. The number of carbonyl (C=O) groups is 1. The van der Waals surface area contributed by atoms with Gasteiger partial charge in [0.15, 0.2) is 0 Å². The van der Waals surface area contributed by atoms with Crippen molar-refractivity contribution in [3.05, 3.63) is 33.8 Å². The average molecular weight is 288 g/mol. The summed E-state index contributed by atoms with van der Waals surface area (Å²) in [7, 11) is 0. The first kappa shape index (κ1) is 13.7. The Kier molecular flexibility index (Phi) is 3.85. The van der Waals surface area contributed by atoms with Crippen LogP contribution in [0, 0.1) is 5.92 Å². The second kappa shape index (κ2) is 5.08. The summed E-state index contributed by atoms with van der Waals surface area (Å²) in [5, 5.41) is 12.9. The van der Waals surface area contributed by atoms with Gasteiger partial charge < -0.3 is 10.4 Å². The fraction of sp³-hybridized carbons (Fsp3) is 0.462. The predicted octanol–water partition coefficient (Wildman–Crippen LogP) is 2.88. The van der Waals surface area contributed by atoms with Gasteiger partial charge in [0.05, 0.1) is 27.8 Å². The molecule has 1 aromatic rings. The zero-order chi connectivity index (χ0) is 13.3. The first-order chi connectivity index (χ1) is 8.48. The Hall–Kier alpha value is -0.770.